The molecule has 5 aliphatic heterocycles. The summed E-state index contributed by atoms with van der Waals surface area (Å²) >= 11 is 0. The predicted molar refractivity (Wildman–Crippen MR) is 295 cm³/mol. The molecule has 7 N–H and O–H groups in total. The first-order valence-corrected chi connectivity index (χ1v) is 30.2. The number of sulfone groups is 1. The number of hydrogen-bond acceptors (Lipinski definition) is 21. The molecular weight excluding hydrogens is 1050 g/mol. The highest BCUT2D eigenvalue weighted by Gasteiger charge is 2.53. The van der Waals surface area contributed by atoms with Crippen LogP contribution in [0.25, 0.3) is 0 Å². The van der Waals surface area contributed by atoms with Crippen LogP contribution in [0.1, 0.15) is 119 Å². The topological polar surface area (TPSA) is 254 Å². The van der Waals surface area contributed by atoms with Crippen LogP contribution in [0.4, 0.5) is 10.1 Å². The Bertz CT molecular complexity index is 2260. The molecule has 5 heterocycles. The third-order valence-corrected chi connectivity index (χ3v) is 19.5. The van der Waals surface area contributed by atoms with Gasteiger partial charge in [-0.05, 0) is 112 Å². The number of rotatable bonds is 16. The number of esters is 1. The lowest BCUT2D eigenvalue weighted by Crippen LogP contribution is -2.61. The minimum atomic E-state index is -3.07. The Labute approximate surface area is 469 Å². The number of anilines is 1. The van der Waals surface area contributed by atoms with E-state index in [1.54, 1.807) is 53.5 Å². The van der Waals surface area contributed by atoms with Gasteiger partial charge < -0.3 is 78.8 Å². The van der Waals surface area contributed by atoms with Crippen molar-refractivity contribution < 1.29 is 76.3 Å². The number of benzene rings is 1. The van der Waals surface area contributed by atoms with Crippen LogP contribution in [0, 0.1) is 17.8 Å². The number of methoxy groups -OCH3 is 2. The van der Waals surface area contributed by atoms with Gasteiger partial charge in [-0.1, -0.05) is 32.9 Å². The van der Waals surface area contributed by atoms with E-state index in [9.17, 15) is 38.7 Å². The molecule has 5 aliphatic rings. The average molecular weight is 1150 g/mol. The Morgan fingerprint density at radius 2 is 1.63 bits per heavy atom. The van der Waals surface area contributed by atoms with Gasteiger partial charge in [0.1, 0.15) is 48.8 Å². The molecule has 4 fully saturated rings. The molecule has 0 aromatic heterocycles. The number of aliphatic hydroxyl groups is 5. The molecule has 0 spiro atoms. The monoisotopic (exact) mass is 1140 g/mol. The van der Waals surface area contributed by atoms with E-state index in [1.165, 1.54) is 21.1 Å². The van der Waals surface area contributed by atoms with Crippen LogP contribution in [-0.4, -0.2) is 224 Å². The summed E-state index contributed by atoms with van der Waals surface area (Å²) in [6.45, 7) is 18.6. The zero-order valence-electron chi connectivity index (χ0n) is 49.3. The predicted octanol–water partition coefficient (Wildman–Crippen LogP) is 3.18. The van der Waals surface area contributed by atoms with E-state index in [0.29, 0.717) is 45.4 Å². The Balaban J connectivity index is 1.22. The van der Waals surface area contributed by atoms with E-state index in [0.717, 1.165) is 16.9 Å². The molecule has 1 aromatic carbocycles. The minimum absolute atomic E-state index is 0.0787. The van der Waals surface area contributed by atoms with Crippen LogP contribution in [0.3, 0.4) is 0 Å². The van der Waals surface area contributed by atoms with Gasteiger partial charge in [0.15, 0.2) is 22.4 Å². The quantitative estimate of drug-likeness (QED) is 0.117. The van der Waals surface area contributed by atoms with Gasteiger partial charge in [-0.25, -0.2) is 12.8 Å². The Morgan fingerprint density at radius 1 is 0.949 bits per heavy atom. The van der Waals surface area contributed by atoms with E-state index in [-0.39, 0.29) is 36.7 Å². The number of hydrogen-bond donors (Lipinski definition) is 7. The number of nitrogens with zero attached hydrogens (tertiary/aromatic N) is 4. The van der Waals surface area contributed by atoms with Gasteiger partial charge in [0.05, 0.1) is 53.0 Å². The third-order valence-electron chi connectivity index (χ3n) is 17.7. The number of halogens is 1. The average Bonchev–Trinajstić information content (AvgIpc) is 3.80. The standard InChI is InChI=1S/C56H97FN6O15S/c1-15-44-56(10,69)49(65)37(6)61(12)31-33(2)28-54(8,68)51(35(4)47(36(5)52(67)76-44)77-45-29-55(9,73-14)50(66)38(7)75-45)78-53-46(64)42(27-34(3)74-53)60(11)23-21-40-32-63(59-58-40)43(30-57)48(72-13)39-17-19-41(20-18-39)62-22-16-25-79(70,71)26-24-62/h17-20,32-38,42-51,53,58-59,64-66,68-69H,15-16,21-31H2,1-14H3/t33-,34-,35+,36-,37-,38+,42+,43-,44-,45+,46-,47+,48-,49-,50+,51-,53+,54-,55-,56-/m1/s1. The zero-order chi connectivity index (χ0) is 58.5. The van der Waals surface area contributed by atoms with E-state index in [1.807, 2.05) is 68.2 Å². The van der Waals surface area contributed by atoms with Crippen molar-refractivity contribution in [3.63, 3.8) is 0 Å². The van der Waals surface area contributed by atoms with Crippen molar-refractivity contribution in [3.05, 3.63) is 41.7 Å². The fourth-order valence-electron chi connectivity index (χ4n) is 12.7. The number of aliphatic hydroxyl groups excluding tert-OH is 3. The molecule has 0 saturated carbocycles. The molecule has 21 nitrogen and oxygen atoms in total. The molecule has 79 heavy (non-hydrogen) atoms. The van der Waals surface area contributed by atoms with E-state index in [4.69, 9.17) is 33.2 Å². The molecule has 4 saturated heterocycles. The fourth-order valence-corrected chi connectivity index (χ4v) is 14.0. The zero-order valence-corrected chi connectivity index (χ0v) is 50.1. The van der Waals surface area contributed by atoms with E-state index >= 15 is 4.39 Å². The molecule has 20 atom stereocenters. The van der Waals surface area contributed by atoms with Gasteiger partial charge in [-0.2, -0.15) is 0 Å². The summed E-state index contributed by atoms with van der Waals surface area (Å²) < 4.78 is 83.7. The van der Waals surface area contributed by atoms with Crippen molar-refractivity contribution in [1.29, 1.82) is 0 Å². The Hall–Kier alpha value is -2.85. The lowest BCUT2D eigenvalue weighted by Gasteiger charge is -2.49. The second-order valence-corrected chi connectivity index (χ2v) is 26.5. The van der Waals surface area contributed by atoms with Crippen LogP contribution >= 0.6 is 0 Å². The molecule has 0 unspecified atom stereocenters. The van der Waals surface area contributed by atoms with Crippen molar-refractivity contribution in [2.75, 3.05) is 77.6 Å². The van der Waals surface area contributed by atoms with Crippen molar-refractivity contribution >= 4 is 21.5 Å². The van der Waals surface area contributed by atoms with Crippen molar-refractivity contribution in [2.24, 2.45) is 17.8 Å². The summed E-state index contributed by atoms with van der Waals surface area (Å²) in [6.07, 6.45) is -7.36. The normalized spacial score (nSPS) is 40.4. The number of likely N-dealkylation sites (N-methyl/N-ethyl adjacent to an activating group) is 2. The molecule has 0 radical (unpaired) electrons. The molecule has 6 rings (SSSR count). The van der Waals surface area contributed by atoms with Crippen LogP contribution in [-0.2, 0) is 47.8 Å². The maximum Gasteiger partial charge on any atom is 0.311 e. The van der Waals surface area contributed by atoms with Gasteiger partial charge in [-0.15, -0.1) is 5.53 Å². The smallest absolute Gasteiger partial charge is 0.311 e. The number of carbonyl (C=O) groups is 1. The maximum absolute atomic E-state index is 15.0. The summed E-state index contributed by atoms with van der Waals surface area (Å²) in [5.74, 6) is -2.63. The van der Waals surface area contributed by atoms with Gasteiger partial charge in [-0.3, -0.25) is 9.80 Å². The van der Waals surface area contributed by atoms with Crippen molar-refractivity contribution in [2.45, 2.75) is 210 Å². The number of hydrazine groups is 2. The summed E-state index contributed by atoms with van der Waals surface area (Å²) in [6, 6.07) is 5.77. The SMILES string of the molecule is CC[C@H]1OC(=O)[C@H](C)[C@@H](O[C@H]2C[C@@](C)(OC)[C@@H](O)[C@H](C)O2)[C@H](C)[C@@H](O[C@@H]2O[C@H](C)C[C@H](N(C)CCC3=CN([C@H](CF)[C@H](OC)c4ccc(N5CCCS(=O)(=O)CC5)cc4)NN3)[C@H]2O)[C@](C)(O)C[C@@H](C)CN(C)[C@H](C)[C@@H](O)[C@]1(C)O. The van der Waals surface area contributed by atoms with Gasteiger partial charge in [0.2, 0.25) is 0 Å². The highest BCUT2D eigenvalue weighted by Crippen LogP contribution is 2.41. The first-order valence-electron chi connectivity index (χ1n) is 28.4. The highest BCUT2D eigenvalue weighted by atomic mass is 32.2. The largest absolute Gasteiger partial charge is 0.459 e. The first kappa shape index (κ1) is 65.3. The molecule has 0 bridgehead atoms. The van der Waals surface area contributed by atoms with Crippen LogP contribution in [0.5, 0.6) is 0 Å². The van der Waals surface area contributed by atoms with Gasteiger partial charge in [0, 0.05) is 88.8 Å². The summed E-state index contributed by atoms with van der Waals surface area (Å²) in [4.78, 5) is 20.5. The van der Waals surface area contributed by atoms with E-state index < -0.39 is 137 Å². The summed E-state index contributed by atoms with van der Waals surface area (Å²) in [5.41, 5.74) is 4.06. The second-order valence-electron chi connectivity index (χ2n) is 24.2. The number of carbonyl (C=O) groups excluding carboxylic acids is 1. The Kier molecular flexibility index (Phi) is 22.5. The van der Waals surface area contributed by atoms with Crippen LogP contribution in [0.2, 0.25) is 0 Å². The molecule has 454 valence electrons. The van der Waals surface area contributed by atoms with E-state index in [2.05, 4.69) is 15.9 Å². The number of alkyl halides is 1. The number of nitrogens with one attached hydrogen (secondary N) is 2. The summed E-state index contributed by atoms with van der Waals surface area (Å²) in [7, 11) is 3.68. The fraction of sp³-hybridized carbons (Fsp3) is 0.839. The minimum Gasteiger partial charge on any atom is -0.459 e. The van der Waals surface area contributed by atoms with Crippen LogP contribution in [0.15, 0.2) is 36.2 Å². The molecule has 1 aromatic rings. The van der Waals surface area contributed by atoms with Gasteiger partial charge in [0.25, 0.3) is 0 Å². The number of cyclic esters (lactones) is 1. The highest BCUT2D eigenvalue weighted by molar-refractivity contribution is 7.91. The first-order chi connectivity index (χ1) is 37.0. The molecule has 0 aliphatic carbocycles. The maximum atomic E-state index is 15.0. The van der Waals surface area contributed by atoms with Crippen LogP contribution < -0.4 is 15.9 Å². The van der Waals surface area contributed by atoms with Crippen molar-refractivity contribution in [1.82, 2.24) is 25.8 Å². The third kappa shape index (κ3) is 15.5. The lowest BCUT2D eigenvalue weighted by atomic mass is 9.77. The Morgan fingerprint density at radius 3 is 2.27 bits per heavy atom. The molecule has 23 heteroatoms. The molecular formula is C56H97FN6O15S. The second kappa shape index (κ2) is 27.2. The molecule has 0 amide bonds. The van der Waals surface area contributed by atoms with Crippen molar-refractivity contribution in [3.8, 4) is 0 Å². The lowest BCUT2D eigenvalue weighted by molar-refractivity contribution is -0.318. The summed E-state index contributed by atoms with van der Waals surface area (Å²) in [5, 5.41) is 61.6. The number of ether oxygens (including phenoxy) is 7. The van der Waals surface area contributed by atoms with Gasteiger partial charge >= 0.3 is 5.97 Å².